The molecule has 4 heterocycles. The van der Waals surface area contributed by atoms with Crippen LogP contribution in [-0.2, 0) is 24.4 Å². The van der Waals surface area contributed by atoms with Crippen LogP contribution in [0.1, 0.15) is 54.6 Å². The quantitative estimate of drug-likeness (QED) is 0.371. The molecule has 1 aliphatic rings. The van der Waals surface area contributed by atoms with E-state index in [0.717, 1.165) is 47.3 Å². The largest absolute Gasteiger partial charge is 0.376 e. The topological polar surface area (TPSA) is 88.9 Å². The Bertz CT molecular complexity index is 1320. The van der Waals surface area contributed by atoms with Crippen LogP contribution in [-0.4, -0.2) is 42.8 Å². The molecule has 0 saturated carbocycles. The summed E-state index contributed by atoms with van der Waals surface area (Å²) in [6.45, 7) is 9.03. The van der Waals surface area contributed by atoms with Gasteiger partial charge in [-0.25, -0.2) is 4.68 Å². The number of H-pyrrole nitrogens is 1. The molecule has 1 aliphatic heterocycles. The van der Waals surface area contributed by atoms with Gasteiger partial charge >= 0.3 is 0 Å². The first-order chi connectivity index (χ1) is 17.0. The van der Waals surface area contributed by atoms with Crippen molar-refractivity contribution in [2.24, 2.45) is 5.92 Å². The number of rotatable bonds is 9. The Balaban J connectivity index is 1.52. The zero-order chi connectivity index (χ0) is 24.4. The lowest BCUT2D eigenvalue weighted by atomic mass is 10.00. The minimum Gasteiger partial charge on any atom is -0.376 e. The molecular formula is C26H32N6O2S. The lowest BCUT2D eigenvalue weighted by molar-refractivity contribution is 0.0853. The van der Waals surface area contributed by atoms with Crippen molar-refractivity contribution in [3.05, 3.63) is 74.0 Å². The summed E-state index contributed by atoms with van der Waals surface area (Å²) in [5, 5.41) is 16.0. The third-order valence-corrected chi connectivity index (χ3v) is 7.59. The van der Waals surface area contributed by atoms with Crippen LogP contribution in [0, 0.1) is 12.8 Å². The van der Waals surface area contributed by atoms with Crippen molar-refractivity contribution in [3.8, 4) is 0 Å². The maximum absolute atomic E-state index is 13.2. The Morgan fingerprint density at radius 1 is 1.26 bits per heavy atom. The molecule has 9 heteroatoms. The maximum atomic E-state index is 13.2. The molecule has 8 nitrogen and oxygen atoms in total. The van der Waals surface area contributed by atoms with Gasteiger partial charge in [0.25, 0.3) is 5.56 Å². The normalized spacial score (nSPS) is 17.1. The fourth-order valence-corrected chi connectivity index (χ4v) is 5.77. The number of nitrogens with zero attached hydrogens (tertiary/aromatic N) is 5. The van der Waals surface area contributed by atoms with Crippen LogP contribution in [0.5, 0.6) is 0 Å². The number of ether oxygens (including phenoxy) is 1. The first kappa shape index (κ1) is 23.8. The van der Waals surface area contributed by atoms with Crippen molar-refractivity contribution < 1.29 is 4.74 Å². The lowest BCUT2D eigenvalue weighted by Crippen LogP contribution is -2.35. The molecule has 4 aromatic rings. The molecule has 1 saturated heterocycles. The van der Waals surface area contributed by atoms with Gasteiger partial charge in [-0.15, -0.1) is 16.4 Å². The van der Waals surface area contributed by atoms with Gasteiger partial charge < -0.3 is 9.72 Å². The second kappa shape index (κ2) is 10.4. The molecule has 5 rings (SSSR count). The van der Waals surface area contributed by atoms with E-state index in [9.17, 15) is 4.79 Å². The first-order valence-corrected chi connectivity index (χ1v) is 13.1. The molecule has 0 amide bonds. The highest BCUT2D eigenvalue weighted by atomic mass is 32.1. The average Bonchev–Trinajstić information content (AvgIpc) is 3.60. The Morgan fingerprint density at radius 2 is 2.14 bits per heavy atom. The van der Waals surface area contributed by atoms with Crippen LogP contribution in [0.3, 0.4) is 0 Å². The number of aromatic amines is 1. The summed E-state index contributed by atoms with van der Waals surface area (Å²) in [5.74, 6) is 1.05. The molecule has 0 bridgehead atoms. The van der Waals surface area contributed by atoms with E-state index >= 15 is 0 Å². The monoisotopic (exact) mass is 492 g/mol. The maximum Gasteiger partial charge on any atom is 0.252 e. The minimum atomic E-state index is -0.0684. The van der Waals surface area contributed by atoms with Crippen molar-refractivity contribution >= 4 is 22.2 Å². The minimum absolute atomic E-state index is 0.0515. The number of pyridine rings is 1. The fourth-order valence-electron chi connectivity index (χ4n) is 5.04. The van der Waals surface area contributed by atoms with Crippen LogP contribution >= 0.6 is 11.3 Å². The van der Waals surface area contributed by atoms with Gasteiger partial charge in [-0.3, -0.25) is 9.69 Å². The van der Waals surface area contributed by atoms with Gasteiger partial charge in [-0.1, -0.05) is 38.1 Å². The highest BCUT2D eigenvalue weighted by Crippen LogP contribution is 2.31. The first-order valence-electron chi connectivity index (χ1n) is 12.2. The van der Waals surface area contributed by atoms with Gasteiger partial charge in [0.2, 0.25) is 0 Å². The Hall–Kier alpha value is -2.88. The number of benzene rings is 1. The van der Waals surface area contributed by atoms with Gasteiger partial charge in [-0.2, -0.15) is 0 Å². The number of fused-ring (bicyclic) bond motifs is 1. The van der Waals surface area contributed by atoms with Crippen molar-refractivity contribution in [2.45, 2.75) is 65.4 Å². The second-order valence-electron chi connectivity index (χ2n) is 9.69. The van der Waals surface area contributed by atoms with Crippen molar-refractivity contribution in [1.82, 2.24) is 30.1 Å². The molecule has 2 atom stereocenters. The molecule has 1 fully saturated rings. The summed E-state index contributed by atoms with van der Waals surface area (Å²) in [4.78, 5) is 19.8. The van der Waals surface area contributed by atoms with Crippen molar-refractivity contribution in [3.63, 3.8) is 0 Å². The van der Waals surface area contributed by atoms with Crippen LogP contribution < -0.4 is 5.56 Å². The van der Waals surface area contributed by atoms with E-state index in [1.54, 1.807) is 11.3 Å². The second-order valence-corrected chi connectivity index (χ2v) is 10.7. The standard InChI is InChI=1S/C26H32N6O2S/c1-17(2)24(25-28-29-30-32(25)15-21-9-5-11-34-21)31(16-22-10-6-12-35-22)14-20-13-19-8-4-7-18(3)23(19)27-26(20)33/h4,6-8,10,12-13,17,21,24H,5,9,11,14-16H2,1-3H3,(H,27,33)/t21-,24-/m0/s1. The number of tetrazole rings is 1. The molecule has 0 unspecified atom stereocenters. The van der Waals surface area contributed by atoms with Crippen LogP contribution in [0.2, 0.25) is 0 Å². The van der Waals surface area contributed by atoms with Crippen molar-refractivity contribution in [1.29, 1.82) is 0 Å². The van der Waals surface area contributed by atoms with Crippen LogP contribution in [0.25, 0.3) is 10.9 Å². The summed E-state index contributed by atoms with van der Waals surface area (Å²) >= 11 is 1.72. The lowest BCUT2D eigenvalue weighted by Gasteiger charge is -2.33. The van der Waals surface area contributed by atoms with E-state index in [1.165, 1.54) is 4.88 Å². The Kier molecular flexibility index (Phi) is 7.08. The van der Waals surface area contributed by atoms with E-state index in [1.807, 2.05) is 35.9 Å². The number of hydrogen-bond donors (Lipinski definition) is 1. The average molecular weight is 493 g/mol. The Morgan fingerprint density at radius 3 is 2.89 bits per heavy atom. The van der Waals surface area contributed by atoms with Gasteiger partial charge in [0.15, 0.2) is 5.82 Å². The molecule has 1 aromatic carbocycles. The zero-order valence-electron chi connectivity index (χ0n) is 20.5. The summed E-state index contributed by atoms with van der Waals surface area (Å²) in [6, 6.07) is 12.3. The van der Waals surface area contributed by atoms with E-state index in [0.29, 0.717) is 19.6 Å². The highest BCUT2D eigenvalue weighted by Gasteiger charge is 2.31. The molecule has 3 aromatic heterocycles. The molecule has 0 aliphatic carbocycles. The summed E-state index contributed by atoms with van der Waals surface area (Å²) in [6.07, 6.45) is 2.24. The van der Waals surface area contributed by atoms with Gasteiger partial charge in [0.1, 0.15) is 0 Å². The summed E-state index contributed by atoms with van der Waals surface area (Å²) < 4.78 is 7.75. The number of aryl methyl sites for hydroxylation is 1. The van der Waals surface area contributed by atoms with E-state index in [-0.39, 0.29) is 23.6 Å². The molecule has 1 N–H and O–H groups in total. The van der Waals surface area contributed by atoms with Crippen molar-refractivity contribution in [2.75, 3.05) is 6.61 Å². The number of aromatic nitrogens is 5. The van der Waals surface area contributed by atoms with Crippen LogP contribution in [0.4, 0.5) is 0 Å². The number of hydrogen-bond acceptors (Lipinski definition) is 7. The molecule has 0 radical (unpaired) electrons. The van der Waals surface area contributed by atoms with Gasteiger partial charge in [0, 0.05) is 30.1 Å². The summed E-state index contributed by atoms with van der Waals surface area (Å²) in [7, 11) is 0. The highest BCUT2D eigenvalue weighted by molar-refractivity contribution is 7.09. The SMILES string of the molecule is Cc1cccc2cc(CN(Cc3cccs3)[C@H](c3nnnn3C[C@@H]3CCCO3)C(C)C)c(=O)[nH]c12. The molecule has 35 heavy (non-hydrogen) atoms. The van der Waals surface area contributed by atoms with Crippen LogP contribution in [0.15, 0.2) is 46.6 Å². The third-order valence-electron chi connectivity index (χ3n) is 6.73. The molecular weight excluding hydrogens is 460 g/mol. The fraction of sp³-hybridized carbons (Fsp3) is 0.462. The van der Waals surface area contributed by atoms with E-state index < -0.39 is 0 Å². The Labute approximate surface area is 208 Å². The smallest absolute Gasteiger partial charge is 0.252 e. The van der Waals surface area contributed by atoms with E-state index in [4.69, 9.17) is 4.74 Å². The van der Waals surface area contributed by atoms with Gasteiger partial charge in [0.05, 0.1) is 24.2 Å². The number of para-hydroxylation sites is 1. The number of thiophene rings is 1. The predicted molar refractivity (Wildman–Crippen MR) is 137 cm³/mol. The molecule has 0 spiro atoms. The molecule has 184 valence electrons. The zero-order valence-corrected chi connectivity index (χ0v) is 21.3. The predicted octanol–water partition coefficient (Wildman–Crippen LogP) is 4.46. The third kappa shape index (κ3) is 5.22. The van der Waals surface area contributed by atoms with Gasteiger partial charge in [-0.05, 0) is 64.6 Å². The van der Waals surface area contributed by atoms with E-state index in [2.05, 4.69) is 56.8 Å². The summed E-state index contributed by atoms with van der Waals surface area (Å²) in [5.41, 5.74) is 2.65. The number of nitrogens with one attached hydrogen (secondary N) is 1.